The van der Waals surface area contributed by atoms with Crippen LogP contribution in [0.1, 0.15) is 26.2 Å². The van der Waals surface area contributed by atoms with E-state index >= 15 is 0 Å². The lowest BCUT2D eigenvalue weighted by atomic mass is 10.2. The number of rotatable bonds is 4. The molecular formula is C9H20N2. The predicted octanol–water partition coefficient (Wildman–Crippen LogP) is 1.08. The summed E-state index contributed by atoms with van der Waals surface area (Å²) in [5.74, 6) is 0. The molecule has 11 heavy (non-hydrogen) atoms. The molecule has 0 aromatic heterocycles. The summed E-state index contributed by atoms with van der Waals surface area (Å²) in [6.07, 6.45) is 4.05. The van der Waals surface area contributed by atoms with E-state index in [9.17, 15) is 0 Å². The second kappa shape index (κ2) is 4.73. The van der Waals surface area contributed by atoms with Crippen LogP contribution >= 0.6 is 0 Å². The van der Waals surface area contributed by atoms with Gasteiger partial charge < -0.3 is 10.2 Å². The van der Waals surface area contributed by atoms with E-state index in [1.807, 2.05) is 0 Å². The molecule has 1 N–H and O–H groups in total. The molecule has 0 aromatic rings. The van der Waals surface area contributed by atoms with Crippen LogP contribution in [-0.2, 0) is 0 Å². The molecule has 0 amide bonds. The van der Waals surface area contributed by atoms with Crippen LogP contribution < -0.4 is 5.32 Å². The van der Waals surface area contributed by atoms with Gasteiger partial charge >= 0.3 is 0 Å². The Kier molecular flexibility index (Phi) is 3.87. The number of likely N-dealkylation sites (tertiary alicyclic amines) is 1. The van der Waals surface area contributed by atoms with E-state index in [1.165, 1.54) is 38.9 Å². The molecule has 0 aliphatic carbocycles. The number of hydrogen-bond donors (Lipinski definition) is 1. The fourth-order valence-corrected chi connectivity index (χ4v) is 1.70. The molecule has 1 fully saturated rings. The molecule has 0 bridgehead atoms. The zero-order valence-corrected chi connectivity index (χ0v) is 7.77. The Morgan fingerprint density at radius 2 is 2.00 bits per heavy atom. The zero-order valence-electron chi connectivity index (χ0n) is 7.77. The number of nitrogens with zero attached hydrogens (tertiary/aromatic N) is 1. The Morgan fingerprint density at radius 3 is 2.45 bits per heavy atom. The SMILES string of the molecule is CCC(CN1CCCC1)NC. The van der Waals surface area contributed by atoms with Crippen LogP contribution in [0.15, 0.2) is 0 Å². The Balaban J connectivity index is 2.16. The third-order valence-corrected chi connectivity index (χ3v) is 2.58. The van der Waals surface area contributed by atoms with Crippen molar-refractivity contribution in [2.75, 3.05) is 26.7 Å². The van der Waals surface area contributed by atoms with Crippen LogP contribution in [0.5, 0.6) is 0 Å². The lowest BCUT2D eigenvalue weighted by Crippen LogP contribution is -2.37. The third kappa shape index (κ3) is 2.80. The normalized spacial score (nSPS) is 22.4. The Bertz CT molecular complexity index is 93.7. The van der Waals surface area contributed by atoms with Gasteiger partial charge in [0.2, 0.25) is 0 Å². The van der Waals surface area contributed by atoms with Gasteiger partial charge in [0.25, 0.3) is 0 Å². The van der Waals surface area contributed by atoms with Gasteiger partial charge in [0.1, 0.15) is 0 Å². The van der Waals surface area contributed by atoms with Crippen LogP contribution in [0.25, 0.3) is 0 Å². The van der Waals surface area contributed by atoms with Gasteiger partial charge in [0.05, 0.1) is 0 Å². The first-order valence-electron chi connectivity index (χ1n) is 4.76. The third-order valence-electron chi connectivity index (χ3n) is 2.58. The maximum Gasteiger partial charge on any atom is 0.0189 e. The van der Waals surface area contributed by atoms with E-state index in [0.717, 1.165) is 0 Å². The lowest BCUT2D eigenvalue weighted by molar-refractivity contribution is 0.293. The molecule has 1 saturated heterocycles. The lowest BCUT2D eigenvalue weighted by Gasteiger charge is -2.21. The first kappa shape index (κ1) is 9.01. The first-order chi connectivity index (χ1) is 5.36. The van der Waals surface area contributed by atoms with Gasteiger partial charge in [0, 0.05) is 12.6 Å². The van der Waals surface area contributed by atoms with E-state index in [2.05, 4.69) is 24.2 Å². The van der Waals surface area contributed by atoms with Crippen LogP contribution in [0.2, 0.25) is 0 Å². The number of likely N-dealkylation sites (N-methyl/N-ethyl adjacent to an activating group) is 1. The second-order valence-electron chi connectivity index (χ2n) is 3.40. The van der Waals surface area contributed by atoms with Gasteiger partial charge in [-0.1, -0.05) is 6.92 Å². The van der Waals surface area contributed by atoms with Gasteiger partial charge in [-0.25, -0.2) is 0 Å². The van der Waals surface area contributed by atoms with Crippen molar-refractivity contribution in [2.24, 2.45) is 0 Å². The Labute approximate surface area is 70.0 Å². The van der Waals surface area contributed by atoms with Gasteiger partial charge in [-0.05, 0) is 39.4 Å². The Morgan fingerprint density at radius 1 is 1.36 bits per heavy atom. The van der Waals surface area contributed by atoms with Crippen molar-refractivity contribution < 1.29 is 0 Å². The molecule has 0 radical (unpaired) electrons. The van der Waals surface area contributed by atoms with E-state index in [4.69, 9.17) is 0 Å². The fourth-order valence-electron chi connectivity index (χ4n) is 1.70. The summed E-state index contributed by atoms with van der Waals surface area (Å²) >= 11 is 0. The van der Waals surface area contributed by atoms with E-state index in [0.29, 0.717) is 6.04 Å². The monoisotopic (exact) mass is 156 g/mol. The van der Waals surface area contributed by atoms with Crippen molar-refractivity contribution in [3.8, 4) is 0 Å². The second-order valence-corrected chi connectivity index (χ2v) is 3.40. The van der Waals surface area contributed by atoms with Crippen molar-refractivity contribution in [1.29, 1.82) is 0 Å². The highest BCUT2D eigenvalue weighted by Crippen LogP contribution is 2.08. The number of nitrogens with one attached hydrogen (secondary N) is 1. The zero-order chi connectivity index (χ0) is 8.10. The molecular weight excluding hydrogens is 136 g/mol. The summed E-state index contributed by atoms with van der Waals surface area (Å²) in [5, 5.41) is 3.34. The molecule has 1 heterocycles. The largest absolute Gasteiger partial charge is 0.316 e. The predicted molar refractivity (Wildman–Crippen MR) is 48.8 cm³/mol. The molecule has 1 atom stereocenters. The molecule has 2 nitrogen and oxygen atoms in total. The Hall–Kier alpha value is -0.0800. The van der Waals surface area contributed by atoms with E-state index in [1.54, 1.807) is 0 Å². The van der Waals surface area contributed by atoms with Crippen LogP contribution in [0.4, 0.5) is 0 Å². The first-order valence-corrected chi connectivity index (χ1v) is 4.76. The van der Waals surface area contributed by atoms with Crippen molar-refractivity contribution in [2.45, 2.75) is 32.2 Å². The minimum Gasteiger partial charge on any atom is -0.316 e. The molecule has 2 heteroatoms. The molecule has 0 spiro atoms. The quantitative estimate of drug-likeness (QED) is 0.655. The molecule has 1 aliphatic heterocycles. The van der Waals surface area contributed by atoms with Gasteiger partial charge in [-0.3, -0.25) is 0 Å². The van der Waals surface area contributed by atoms with Crippen molar-refractivity contribution in [3.63, 3.8) is 0 Å². The maximum atomic E-state index is 3.34. The van der Waals surface area contributed by atoms with Crippen molar-refractivity contribution in [3.05, 3.63) is 0 Å². The van der Waals surface area contributed by atoms with Gasteiger partial charge in [-0.15, -0.1) is 0 Å². The highest BCUT2D eigenvalue weighted by Gasteiger charge is 2.14. The van der Waals surface area contributed by atoms with Crippen LogP contribution in [-0.4, -0.2) is 37.6 Å². The molecule has 1 aliphatic rings. The van der Waals surface area contributed by atoms with Crippen LogP contribution in [0.3, 0.4) is 0 Å². The highest BCUT2D eigenvalue weighted by atomic mass is 15.2. The number of hydrogen-bond acceptors (Lipinski definition) is 2. The molecule has 0 saturated carbocycles. The molecule has 0 aromatic carbocycles. The minimum atomic E-state index is 0.702. The summed E-state index contributed by atoms with van der Waals surface area (Å²) in [5.41, 5.74) is 0. The fraction of sp³-hybridized carbons (Fsp3) is 1.00. The van der Waals surface area contributed by atoms with Gasteiger partial charge in [-0.2, -0.15) is 0 Å². The molecule has 1 unspecified atom stereocenters. The minimum absolute atomic E-state index is 0.702. The summed E-state index contributed by atoms with van der Waals surface area (Å²) in [4.78, 5) is 2.56. The van der Waals surface area contributed by atoms with Crippen LogP contribution in [0, 0.1) is 0 Å². The topological polar surface area (TPSA) is 15.3 Å². The summed E-state index contributed by atoms with van der Waals surface area (Å²) in [6, 6.07) is 0.702. The standard InChI is InChI=1S/C9H20N2/c1-3-9(10-2)8-11-6-4-5-7-11/h9-10H,3-8H2,1-2H3. The average molecular weight is 156 g/mol. The summed E-state index contributed by atoms with van der Waals surface area (Å²) in [6.45, 7) is 6.13. The molecule has 66 valence electrons. The van der Waals surface area contributed by atoms with Crippen molar-refractivity contribution in [1.82, 2.24) is 10.2 Å². The van der Waals surface area contributed by atoms with Crippen molar-refractivity contribution >= 4 is 0 Å². The van der Waals surface area contributed by atoms with Gasteiger partial charge in [0.15, 0.2) is 0 Å². The summed E-state index contributed by atoms with van der Waals surface area (Å²) in [7, 11) is 2.06. The van der Waals surface area contributed by atoms with E-state index in [-0.39, 0.29) is 0 Å². The summed E-state index contributed by atoms with van der Waals surface area (Å²) < 4.78 is 0. The maximum absolute atomic E-state index is 3.34. The average Bonchev–Trinajstić information content (AvgIpc) is 2.52. The van der Waals surface area contributed by atoms with E-state index < -0.39 is 0 Å². The molecule has 1 rings (SSSR count). The smallest absolute Gasteiger partial charge is 0.0189 e. The highest BCUT2D eigenvalue weighted by molar-refractivity contribution is 4.72.